The van der Waals surface area contributed by atoms with Crippen LogP contribution in [0.4, 0.5) is 4.79 Å². The van der Waals surface area contributed by atoms with E-state index in [1.807, 2.05) is 11.8 Å². The van der Waals surface area contributed by atoms with Gasteiger partial charge < -0.3 is 34.7 Å². The van der Waals surface area contributed by atoms with Gasteiger partial charge in [0.1, 0.15) is 0 Å². The summed E-state index contributed by atoms with van der Waals surface area (Å²) in [6, 6.07) is 0.269. The van der Waals surface area contributed by atoms with E-state index in [0.717, 1.165) is 18.6 Å². The molecule has 0 spiro atoms. The molecular formula is C22H36N2O9S. The molecule has 12 heteroatoms. The lowest BCUT2D eigenvalue weighted by molar-refractivity contribution is -0.138. The van der Waals surface area contributed by atoms with Gasteiger partial charge in [0.05, 0.1) is 71.4 Å². The van der Waals surface area contributed by atoms with E-state index < -0.39 is 11.8 Å². The zero-order chi connectivity index (χ0) is 24.6. The average molecular weight is 505 g/mol. The first kappa shape index (κ1) is 28.5. The van der Waals surface area contributed by atoms with Crippen molar-refractivity contribution in [2.45, 2.75) is 55.9 Å². The lowest BCUT2D eigenvalue weighted by Crippen LogP contribution is -2.36. The van der Waals surface area contributed by atoms with Crippen molar-refractivity contribution in [2.75, 3.05) is 58.6 Å². The molecule has 0 radical (unpaired) electrons. The highest BCUT2D eigenvalue weighted by atomic mass is 32.2. The number of nitrogens with one attached hydrogen (secondary N) is 2. The van der Waals surface area contributed by atoms with Gasteiger partial charge in [-0.05, 0) is 12.8 Å². The third kappa shape index (κ3) is 11.6. The third-order valence-corrected chi connectivity index (χ3v) is 6.95. The number of ketones is 2. The number of rotatable bonds is 21. The van der Waals surface area contributed by atoms with Crippen molar-refractivity contribution in [3.05, 3.63) is 0 Å². The van der Waals surface area contributed by atoms with Crippen LogP contribution in [0, 0.1) is 0 Å². The van der Waals surface area contributed by atoms with E-state index in [1.165, 1.54) is 0 Å². The van der Waals surface area contributed by atoms with Crippen molar-refractivity contribution in [3.8, 4) is 0 Å². The SMILES string of the molecule is O=C(O)CCOCCOCCOCCOCCC(=O)C(=O)CCCCC1SCC2NC(=O)NC21. The molecule has 2 aliphatic heterocycles. The average Bonchev–Trinajstić information content (AvgIpc) is 3.35. The summed E-state index contributed by atoms with van der Waals surface area (Å²) < 4.78 is 21.0. The minimum Gasteiger partial charge on any atom is -0.481 e. The second-order valence-corrected chi connectivity index (χ2v) is 9.33. The third-order valence-electron chi connectivity index (χ3n) is 5.44. The molecule has 3 N–H and O–H groups in total. The Balaban J connectivity index is 1.34. The fourth-order valence-electron chi connectivity index (χ4n) is 3.64. The van der Waals surface area contributed by atoms with E-state index in [4.69, 9.17) is 24.1 Å². The van der Waals surface area contributed by atoms with Gasteiger partial charge in [0.15, 0.2) is 5.78 Å². The van der Waals surface area contributed by atoms with Gasteiger partial charge in [0.25, 0.3) is 0 Å². The van der Waals surface area contributed by atoms with Crippen LogP contribution in [-0.4, -0.2) is 105 Å². The number of carboxylic acids is 1. The van der Waals surface area contributed by atoms with Crippen molar-refractivity contribution in [3.63, 3.8) is 0 Å². The Morgan fingerprint density at radius 1 is 0.794 bits per heavy atom. The Hall–Kier alpha value is -1.73. The molecule has 194 valence electrons. The number of ether oxygens (including phenoxy) is 4. The van der Waals surface area contributed by atoms with E-state index in [2.05, 4.69) is 10.6 Å². The van der Waals surface area contributed by atoms with E-state index >= 15 is 0 Å². The fourth-order valence-corrected chi connectivity index (χ4v) is 5.18. The van der Waals surface area contributed by atoms with Gasteiger partial charge >= 0.3 is 12.0 Å². The molecule has 2 saturated heterocycles. The highest BCUT2D eigenvalue weighted by Crippen LogP contribution is 2.33. The molecule has 0 aromatic rings. The van der Waals surface area contributed by atoms with Crippen LogP contribution < -0.4 is 10.6 Å². The smallest absolute Gasteiger partial charge is 0.315 e. The van der Waals surface area contributed by atoms with Crippen molar-refractivity contribution < 1.29 is 43.2 Å². The number of carbonyl (C=O) groups excluding carboxylic acids is 3. The monoisotopic (exact) mass is 504 g/mol. The van der Waals surface area contributed by atoms with Gasteiger partial charge in [-0.15, -0.1) is 0 Å². The summed E-state index contributed by atoms with van der Waals surface area (Å²) in [7, 11) is 0. The molecule has 2 amide bonds. The Morgan fingerprint density at radius 2 is 1.35 bits per heavy atom. The van der Waals surface area contributed by atoms with Gasteiger partial charge in [-0.3, -0.25) is 14.4 Å². The summed E-state index contributed by atoms with van der Waals surface area (Å²) in [6.45, 7) is 2.52. The van der Waals surface area contributed by atoms with Crippen molar-refractivity contribution in [1.82, 2.24) is 10.6 Å². The summed E-state index contributed by atoms with van der Waals surface area (Å²) in [5.74, 6) is -0.730. The van der Waals surface area contributed by atoms with Crippen molar-refractivity contribution in [2.24, 2.45) is 0 Å². The molecular weight excluding hydrogens is 468 g/mol. The normalized spacial score (nSPS) is 21.2. The molecule has 0 aromatic carbocycles. The second-order valence-electron chi connectivity index (χ2n) is 8.06. The van der Waals surface area contributed by atoms with Crippen molar-refractivity contribution >= 4 is 35.3 Å². The highest BCUT2D eigenvalue weighted by molar-refractivity contribution is 8.00. The summed E-state index contributed by atoms with van der Waals surface area (Å²) in [5, 5.41) is 14.7. The van der Waals surface area contributed by atoms with E-state index in [0.29, 0.717) is 51.3 Å². The molecule has 3 atom stereocenters. The molecule has 2 rings (SSSR count). The molecule has 2 aliphatic rings. The van der Waals surface area contributed by atoms with Crippen LogP contribution in [0.1, 0.15) is 38.5 Å². The maximum absolute atomic E-state index is 12.0. The molecule has 2 fully saturated rings. The van der Waals surface area contributed by atoms with Crippen LogP contribution in [0.15, 0.2) is 0 Å². The Bertz CT molecular complexity index is 664. The maximum atomic E-state index is 12.0. The highest BCUT2D eigenvalue weighted by Gasteiger charge is 2.42. The number of unbranched alkanes of at least 4 members (excludes halogenated alkanes) is 1. The molecule has 0 aliphatic carbocycles. The van der Waals surface area contributed by atoms with Crippen LogP contribution in [0.25, 0.3) is 0 Å². The Labute approximate surface area is 204 Å². The number of fused-ring (bicyclic) bond motifs is 1. The minimum atomic E-state index is -0.893. The zero-order valence-corrected chi connectivity index (χ0v) is 20.3. The molecule has 0 saturated carbocycles. The Morgan fingerprint density at radius 3 is 1.97 bits per heavy atom. The number of thioether (sulfide) groups is 1. The Kier molecular flexibility index (Phi) is 14.1. The predicted octanol–water partition coefficient (Wildman–Crippen LogP) is 0.782. The second kappa shape index (κ2) is 16.8. The molecule has 11 nitrogen and oxygen atoms in total. The van der Waals surface area contributed by atoms with E-state index in [1.54, 1.807) is 0 Å². The topological polar surface area (TPSA) is 149 Å². The standard InChI is InChI=1S/C22H36N2O9S/c25-17(3-1-2-4-19-21-16(15-34-19)23-22(29)24-21)18(26)5-7-30-9-11-32-13-14-33-12-10-31-8-6-20(27)28/h16,19,21H,1-15H2,(H,27,28)(H2,23,24,29). The number of aliphatic carboxylic acids is 1. The molecule has 3 unspecified atom stereocenters. The first-order chi connectivity index (χ1) is 16.5. The molecule has 34 heavy (non-hydrogen) atoms. The molecule has 0 bridgehead atoms. The summed E-state index contributed by atoms with van der Waals surface area (Å²) in [5.41, 5.74) is 0. The quantitative estimate of drug-likeness (QED) is 0.116. The number of amides is 2. The number of Topliss-reactive ketones (excluding diaryl/α,β-unsaturated/α-hetero) is 2. The van der Waals surface area contributed by atoms with Gasteiger partial charge in [0, 0.05) is 23.8 Å². The van der Waals surface area contributed by atoms with Crippen molar-refractivity contribution in [1.29, 1.82) is 0 Å². The zero-order valence-electron chi connectivity index (χ0n) is 19.5. The largest absolute Gasteiger partial charge is 0.481 e. The van der Waals surface area contributed by atoms with Gasteiger partial charge in [-0.1, -0.05) is 6.42 Å². The number of carbonyl (C=O) groups is 4. The summed E-state index contributed by atoms with van der Waals surface area (Å²) in [4.78, 5) is 45.6. The predicted molar refractivity (Wildman–Crippen MR) is 124 cm³/mol. The van der Waals surface area contributed by atoms with Gasteiger partial charge in [0.2, 0.25) is 5.78 Å². The maximum Gasteiger partial charge on any atom is 0.315 e. The lowest BCUT2D eigenvalue weighted by atomic mass is 10.0. The van der Waals surface area contributed by atoms with Crippen LogP contribution in [0.3, 0.4) is 0 Å². The fraction of sp³-hybridized carbons (Fsp3) is 0.818. The number of hydrogen-bond donors (Lipinski definition) is 3. The lowest BCUT2D eigenvalue weighted by Gasteiger charge is -2.16. The van der Waals surface area contributed by atoms with Crippen LogP contribution in [-0.2, 0) is 33.3 Å². The number of hydrogen-bond acceptors (Lipinski definition) is 9. The summed E-state index contributed by atoms with van der Waals surface area (Å²) in [6.07, 6.45) is 2.75. The van der Waals surface area contributed by atoms with Gasteiger partial charge in [-0.2, -0.15) is 11.8 Å². The van der Waals surface area contributed by atoms with Gasteiger partial charge in [-0.25, -0.2) is 4.79 Å². The van der Waals surface area contributed by atoms with Crippen LogP contribution in [0.2, 0.25) is 0 Å². The first-order valence-electron chi connectivity index (χ1n) is 11.7. The molecule has 2 heterocycles. The number of carboxylic acid groups (broad SMARTS) is 1. The molecule has 0 aromatic heterocycles. The number of urea groups is 1. The van der Waals surface area contributed by atoms with E-state index in [-0.39, 0.29) is 56.4 Å². The minimum absolute atomic E-state index is 0.0234. The van der Waals surface area contributed by atoms with Crippen LogP contribution in [0.5, 0.6) is 0 Å². The van der Waals surface area contributed by atoms with E-state index in [9.17, 15) is 19.2 Å². The first-order valence-corrected chi connectivity index (χ1v) is 12.8. The summed E-state index contributed by atoms with van der Waals surface area (Å²) >= 11 is 1.84. The van der Waals surface area contributed by atoms with Crippen LogP contribution >= 0.6 is 11.8 Å².